The Bertz CT molecular complexity index is 615. The van der Waals surface area contributed by atoms with Crippen molar-refractivity contribution in [3.63, 3.8) is 0 Å². The second kappa shape index (κ2) is 9.03. The molecule has 0 heterocycles. The van der Waals surface area contributed by atoms with Gasteiger partial charge in [0.15, 0.2) is 11.5 Å². The van der Waals surface area contributed by atoms with Gasteiger partial charge in [0.2, 0.25) is 0 Å². The highest BCUT2D eigenvalue weighted by Crippen LogP contribution is 2.27. The van der Waals surface area contributed by atoms with Gasteiger partial charge in [0, 0.05) is 7.05 Å². The Morgan fingerprint density at radius 2 is 1.96 bits per heavy atom. The number of hydrazone groups is 1. The van der Waals surface area contributed by atoms with Gasteiger partial charge in [0.1, 0.15) is 6.61 Å². The number of likely N-dealkylation sites (N-methyl/N-ethyl adjacent to an activating group) is 1. The summed E-state index contributed by atoms with van der Waals surface area (Å²) in [5.74, 6) is -2.51. The number of rotatable bonds is 7. The highest BCUT2D eigenvalue weighted by Gasteiger charge is 2.09. The normalized spacial score (nSPS) is 10.2. The largest absolute Gasteiger partial charge is 0.546 e. The van der Waals surface area contributed by atoms with Crippen LogP contribution in [0.1, 0.15) is 12.5 Å². The van der Waals surface area contributed by atoms with Gasteiger partial charge in [0.25, 0.3) is 0 Å². The Balaban J connectivity index is 2.80. The fourth-order valence-corrected chi connectivity index (χ4v) is 1.46. The number of ether oxygens (including phenoxy) is 2. The van der Waals surface area contributed by atoms with E-state index in [0.29, 0.717) is 17.9 Å². The molecule has 1 aromatic carbocycles. The molecule has 0 bridgehead atoms. The minimum absolute atomic E-state index is 0.239. The van der Waals surface area contributed by atoms with Crippen LogP contribution >= 0.6 is 0 Å². The van der Waals surface area contributed by atoms with Crippen LogP contribution in [0, 0.1) is 0 Å². The highest BCUT2D eigenvalue weighted by molar-refractivity contribution is 6.34. The highest BCUT2D eigenvalue weighted by atomic mass is 16.5. The molecule has 1 rings (SSSR count). The number of carboxylic acids is 1. The van der Waals surface area contributed by atoms with E-state index in [0.717, 1.165) is 0 Å². The molecule has 0 aromatic heterocycles. The number of carboxylic acid groups (broad SMARTS) is 1. The smallest absolute Gasteiger partial charge is 0.329 e. The zero-order valence-corrected chi connectivity index (χ0v) is 12.6. The van der Waals surface area contributed by atoms with Crippen molar-refractivity contribution in [2.24, 2.45) is 5.10 Å². The maximum atomic E-state index is 11.2. The summed E-state index contributed by atoms with van der Waals surface area (Å²) in [6.07, 6.45) is 1.30. The van der Waals surface area contributed by atoms with E-state index in [4.69, 9.17) is 9.47 Å². The van der Waals surface area contributed by atoms with Gasteiger partial charge in [-0.05, 0) is 30.7 Å². The van der Waals surface area contributed by atoms with Crippen LogP contribution in [0.2, 0.25) is 0 Å². The second-order valence-corrected chi connectivity index (χ2v) is 4.08. The van der Waals surface area contributed by atoms with Crippen molar-refractivity contribution in [3.8, 4) is 11.5 Å². The summed E-state index contributed by atoms with van der Waals surface area (Å²) in [5, 5.41) is 16.2. The van der Waals surface area contributed by atoms with Crippen LogP contribution in [0.15, 0.2) is 23.3 Å². The average Bonchev–Trinajstić information content (AvgIpc) is 2.53. The molecule has 0 aliphatic rings. The molecule has 0 saturated carbocycles. The molecule has 0 unspecified atom stereocenters. The Morgan fingerprint density at radius 3 is 2.57 bits per heavy atom. The maximum absolute atomic E-state index is 11.2. The molecule has 9 heteroatoms. The predicted octanol–water partition coefficient (Wildman–Crippen LogP) is -1.59. The summed E-state index contributed by atoms with van der Waals surface area (Å²) in [5.41, 5.74) is 2.60. The lowest BCUT2D eigenvalue weighted by Gasteiger charge is -2.12. The lowest BCUT2D eigenvalue weighted by molar-refractivity contribution is -0.307. The molecule has 0 aliphatic carbocycles. The number of amides is 2. The van der Waals surface area contributed by atoms with Crippen LogP contribution in [-0.2, 0) is 14.4 Å². The third-order valence-electron chi connectivity index (χ3n) is 2.43. The van der Waals surface area contributed by atoms with Crippen molar-refractivity contribution in [2.75, 3.05) is 20.3 Å². The Kier molecular flexibility index (Phi) is 7.05. The zero-order chi connectivity index (χ0) is 17.2. The minimum Gasteiger partial charge on any atom is -0.546 e. The average molecular weight is 322 g/mol. The molecule has 0 fully saturated rings. The van der Waals surface area contributed by atoms with Gasteiger partial charge in [-0.25, -0.2) is 5.43 Å². The van der Waals surface area contributed by atoms with Crippen molar-refractivity contribution in [1.82, 2.24) is 10.7 Å². The van der Waals surface area contributed by atoms with Gasteiger partial charge < -0.3 is 24.7 Å². The van der Waals surface area contributed by atoms with Gasteiger partial charge in [0.05, 0.1) is 18.8 Å². The number of carbonyl (C=O) groups excluding carboxylic acids is 3. The lowest BCUT2D eigenvalue weighted by atomic mass is 10.2. The summed E-state index contributed by atoms with van der Waals surface area (Å²) >= 11 is 0. The summed E-state index contributed by atoms with van der Waals surface area (Å²) in [4.78, 5) is 32.6. The van der Waals surface area contributed by atoms with Crippen molar-refractivity contribution in [3.05, 3.63) is 23.8 Å². The number of hydrogen-bond donors (Lipinski definition) is 2. The van der Waals surface area contributed by atoms with E-state index in [1.165, 1.54) is 19.3 Å². The number of hydrogen-bond acceptors (Lipinski definition) is 7. The summed E-state index contributed by atoms with van der Waals surface area (Å²) < 4.78 is 10.4. The maximum Gasteiger partial charge on any atom is 0.329 e. The molecule has 2 amide bonds. The van der Waals surface area contributed by atoms with Crippen LogP contribution in [0.3, 0.4) is 0 Å². The molecule has 0 radical (unpaired) electrons. The van der Waals surface area contributed by atoms with E-state index in [9.17, 15) is 19.5 Å². The van der Waals surface area contributed by atoms with E-state index >= 15 is 0 Å². The first-order chi connectivity index (χ1) is 11.0. The van der Waals surface area contributed by atoms with E-state index in [-0.39, 0.29) is 5.75 Å². The summed E-state index contributed by atoms with van der Waals surface area (Å²) in [6.45, 7) is 1.50. The van der Waals surface area contributed by atoms with Gasteiger partial charge in [-0.1, -0.05) is 0 Å². The molecule has 23 heavy (non-hydrogen) atoms. The molecule has 9 nitrogen and oxygen atoms in total. The summed E-state index contributed by atoms with van der Waals surface area (Å²) in [6, 6.07) is 4.61. The Morgan fingerprint density at radius 1 is 1.22 bits per heavy atom. The molecule has 1 aromatic rings. The zero-order valence-electron chi connectivity index (χ0n) is 12.6. The first-order valence-electron chi connectivity index (χ1n) is 6.62. The number of carbonyl (C=O) groups is 3. The molecule has 0 atom stereocenters. The first-order valence-corrected chi connectivity index (χ1v) is 6.62. The molecule has 124 valence electrons. The number of benzene rings is 1. The third-order valence-corrected chi connectivity index (χ3v) is 2.43. The van der Waals surface area contributed by atoms with E-state index in [1.54, 1.807) is 19.1 Å². The van der Waals surface area contributed by atoms with Crippen LogP contribution in [0.5, 0.6) is 11.5 Å². The number of nitrogens with one attached hydrogen (secondary N) is 2. The monoisotopic (exact) mass is 322 g/mol. The lowest BCUT2D eigenvalue weighted by Crippen LogP contribution is -2.35. The van der Waals surface area contributed by atoms with E-state index < -0.39 is 24.4 Å². The van der Waals surface area contributed by atoms with Crippen molar-refractivity contribution in [2.45, 2.75) is 6.92 Å². The molecule has 0 saturated heterocycles. The number of nitrogens with zero attached hydrogens (tertiary/aromatic N) is 1. The molecular weight excluding hydrogens is 306 g/mol. The van der Waals surface area contributed by atoms with Gasteiger partial charge in [-0.2, -0.15) is 5.10 Å². The van der Waals surface area contributed by atoms with Gasteiger partial charge >= 0.3 is 11.8 Å². The summed E-state index contributed by atoms with van der Waals surface area (Å²) in [7, 11) is 1.32. The first kappa shape index (κ1) is 18.0. The van der Waals surface area contributed by atoms with Gasteiger partial charge in [-0.3, -0.25) is 9.59 Å². The molecule has 2 N–H and O–H groups in total. The van der Waals surface area contributed by atoms with Crippen LogP contribution in [0.25, 0.3) is 0 Å². The molecule has 0 aliphatic heterocycles. The van der Waals surface area contributed by atoms with Crippen LogP contribution in [0.4, 0.5) is 0 Å². The SMILES string of the molecule is CCOc1cc(/C=N\NC(=O)C(=O)NC)ccc1OCC(=O)[O-]. The van der Waals surface area contributed by atoms with Crippen molar-refractivity contribution >= 4 is 24.0 Å². The predicted molar refractivity (Wildman–Crippen MR) is 77.9 cm³/mol. The topological polar surface area (TPSA) is 129 Å². The van der Waals surface area contributed by atoms with E-state index in [1.807, 2.05) is 5.43 Å². The fraction of sp³-hybridized carbons (Fsp3) is 0.286. The fourth-order valence-electron chi connectivity index (χ4n) is 1.46. The minimum atomic E-state index is -1.35. The van der Waals surface area contributed by atoms with Gasteiger partial charge in [-0.15, -0.1) is 0 Å². The third kappa shape index (κ3) is 6.04. The second-order valence-electron chi connectivity index (χ2n) is 4.08. The van der Waals surface area contributed by atoms with Crippen LogP contribution in [-0.4, -0.2) is 44.3 Å². The van der Waals surface area contributed by atoms with Crippen molar-refractivity contribution < 1.29 is 29.0 Å². The van der Waals surface area contributed by atoms with E-state index in [2.05, 4.69) is 10.4 Å². The quantitative estimate of drug-likeness (QED) is 0.354. The van der Waals surface area contributed by atoms with Crippen LogP contribution < -0.4 is 25.3 Å². The Labute approximate surface area is 132 Å². The standard InChI is InChI=1S/C14H17N3O6/c1-3-22-11-6-9(4-5-10(11)23-8-12(18)19)7-16-17-14(21)13(20)15-2/h4-7H,3,8H2,1-2H3,(H,15,20)(H,17,21)(H,18,19)/p-1/b16-7-. The number of aliphatic carboxylic acids is 1. The Hall–Kier alpha value is -3.10. The van der Waals surface area contributed by atoms with Crippen molar-refractivity contribution in [1.29, 1.82) is 0 Å². The molecular formula is C14H16N3O6-. The molecule has 0 spiro atoms.